The Labute approximate surface area is 244 Å². The molecule has 1 saturated heterocycles. The van der Waals surface area contributed by atoms with Gasteiger partial charge in [0.1, 0.15) is 24.0 Å². The van der Waals surface area contributed by atoms with Crippen LogP contribution in [0.4, 0.5) is 4.39 Å². The lowest BCUT2D eigenvalue weighted by Gasteiger charge is -2.67. The van der Waals surface area contributed by atoms with Gasteiger partial charge in [-0.2, -0.15) is 0 Å². The first kappa shape index (κ1) is 30.4. The van der Waals surface area contributed by atoms with Crippen LogP contribution in [0.15, 0.2) is 41.5 Å². The summed E-state index contributed by atoms with van der Waals surface area (Å²) in [5.41, 5.74) is -5.57. The third kappa shape index (κ3) is 4.08. The molecule has 0 aromatic heterocycles. The first-order valence-corrected chi connectivity index (χ1v) is 14.4. The Morgan fingerprint density at radius 1 is 1.05 bits per heavy atom. The summed E-state index contributed by atoms with van der Waals surface area (Å²) in [4.78, 5) is 53.5. The Balaban J connectivity index is 1.84. The van der Waals surface area contributed by atoms with Crippen molar-refractivity contribution in [3.05, 3.63) is 47.0 Å². The molecule has 0 spiro atoms. The monoisotopic (exact) mass is 586 g/mol. The number of hydrogen-bond donors (Lipinski definition) is 1. The van der Waals surface area contributed by atoms with Crippen LogP contribution in [0.2, 0.25) is 0 Å². The number of benzene rings is 1. The molecule has 1 heterocycles. The Morgan fingerprint density at radius 2 is 1.69 bits per heavy atom. The smallest absolute Gasteiger partial charge is 0.338 e. The molecule has 2 unspecified atom stereocenters. The molecule has 1 N–H and O–H groups in total. The number of Topliss-reactive ketones (excluding diaryl/α,β-unsaturated/α-hetero) is 1. The van der Waals surface area contributed by atoms with E-state index in [0.29, 0.717) is 5.57 Å². The lowest BCUT2D eigenvalue weighted by Crippen LogP contribution is -2.81. The fraction of sp³-hybridized carbons (Fsp3) is 0.625. The standard InChI is InChI=1S/C32H39FO9/c1-16-14-32(38)27(41-28(37)20-11-9-8-10-12-20)25-30(7,21(33)13-22-31(25,15-39-22)42-19(4)35)26(36)24(40-18(3)34)23(17(16)2)29(32,5)6/h8-12,16,21-22,24-25,27,38H,13-15H2,1-7H3/t16-,21?,22+,24+,25?,27-,30+,31-,32+/m0/s1. The Morgan fingerprint density at radius 3 is 2.24 bits per heavy atom. The van der Waals surface area contributed by atoms with Gasteiger partial charge < -0.3 is 24.1 Å². The summed E-state index contributed by atoms with van der Waals surface area (Å²) in [7, 11) is 0. The van der Waals surface area contributed by atoms with Crippen LogP contribution in [0.1, 0.15) is 71.7 Å². The molecule has 2 saturated carbocycles. The van der Waals surface area contributed by atoms with Gasteiger partial charge in [-0.05, 0) is 43.9 Å². The fourth-order valence-corrected chi connectivity index (χ4v) is 8.13. The highest BCUT2D eigenvalue weighted by atomic mass is 19.1. The second-order valence-electron chi connectivity index (χ2n) is 13.1. The second kappa shape index (κ2) is 9.98. The summed E-state index contributed by atoms with van der Waals surface area (Å²) in [6, 6.07) is 8.16. The van der Waals surface area contributed by atoms with Crippen molar-refractivity contribution in [3.63, 3.8) is 0 Å². The maximum absolute atomic E-state index is 16.6. The molecule has 3 fully saturated rings. The number of carbonyl (C=O) groups is 4. The molecular weight excluding hydrogens is 547 g/mol. The fourth-order valence-electron chi connectivity index (χ4n) is 8.13. The highest BCUT2D eigenvalue weighted by Gasteiger charge is 2.78. The van der Waals surface area contributed by atoms with Gasteiger partial charge in [-0.15, -0.1) is 0 Å². The summed E-state index contributed by atoms with van der Waals surface area (Å²) in [6.07, 6.45) is -6.07. The van der Waals surface area contributed by atoms with Gasteiger partial charge in [0.2, 0.25) is 0 Å². The number of hydrogen-bond acceptors (Lipinski definition) is 9. The van der Waals surface area contributed by atoms with Crippen molar-refractivity contribution in [3.8, 4) is 0 Å². The van der Waals surface area contributed by atoms with Gasteiger partial charge >= 0.3 is 17.9 Å². The third-order valence-corrected chi connectivity index (χ3v) is 10.5. The van der Waals surface area contributed by atoms with Crippen LogP contribution in [0.5, 0.6) is 0 Å². The average Bonchev–Trinajstić information content (AvgIpc) is 2.90. The van der Waals surface area contributed by atoms with Crippen molar-refractivity contribution < 1.29 is 47.6 Å². The number of aliphatic hydroxyl groups is 1. The molecule has 10 heteroatoms. The van der Waals surface area contributed by atoms with Gasteiger partial charge in [-0.3, -0.25) is 14.4 Å². The van der Waals surface area contributed by atoms with E-state index in [0.717, 1.165) is 5.57 Å². The van der Waals surface area contributed by atoms with Crippen LogP contribution in [-0.2, 0) is 33.3 Å². The number of allylic oxidation sites excluding steroid dienone is 1. The quantitative estimate of drug-likeness (QED) is 0.318. The maximum Gasteiger partial charge on any atom is 0.338 e. The normalized spacial score (nSPS) is 40.4. The number of ether oxygens (including phenoxy) is 4. The second-order valence-corrected chi connectivity index (χ2v) is 13.1. The first-order chi connectivity index (χ1) is 19.5. The third-order valence-electron chi connectivity index (χ3n) is 10.5. The van der Waals surface area contributed by atoms with E-state index in [9.17, 15) is 24.3 Å². The zero-order chi connectivity index (χ0) is 31.0. The van der Waals surface area contributed by atoms with Gasteiger partial charge in [0, 0.05) is 25.7 Å². The number of ketones is 1. The van der Waals surface area contributed by atoms with Crippen molar-refractivity contribution >= 4 is 23.7 Å². The van der Waals surface area contributed by atoms with Crippen LogP contribution < -0.4 is 0 Å². The van der Waals surface area contributed by atoms with Crippen molar-refractivity contribution in [1.29, 1.82) is 0 Å². The van der Waals surface area contributed by atoms with Crippen molar-refractivity contribution in [2.24, 2.45) is 22.7 Å². The largest absolute Gasteiger partial charge is 0.455 e. The molecule has 2 bridgehead atoms. The summed E-state index contributed by atoms with van der Waals surface area (Å²) in [5, 5.41) is 13.0. The number of fused-ring (bicyclic) bond motifs is 5. The van der Waals surface area contributed by atoms with Crippen LogP contribution in [-0.4, -0.2) is 71.1 Å². The van der Waals surface area contributed by atoms with Crippen LogP contribution in [0.25, 0.3) is 0 Å². The summed E-state index contributed by atoms with van der Waals surface area (Å²) >= 11 is 0. The lowest BCUT2D eigenvalue weighted by molar-refractivity contribution is -0.341. The molecule has 5 rings (SSSR count). The Hall–Kier alpha value is -3.11. The van der Waals surface area contributed by atoms with Crippen LogP contribution in [0.3, 0.4) is 0 Å². The predicted octanol–water partition coefficient (Wildman–Crippen LogP) is 3.91. The van der Waals surface area contributed by atoms with E-state index < -0.39 is 76.1 Å². The van der Waals surface area contributed by atoms with Gasteiger partial charge in [0.05, 0.1) is 23.5 Å². The van der Waals surface area contributed by atoms with E-state index in [1.54, 1.807) is 44.2 Å². The molecular formula is C32H39FO9. The molecule has 3 aliphatic carbocycles. The molecule has 1 aliphatic heterocycles. The number of alkyl halides is 1. The van der Waals surface area contributed by atoms with Crippen molar-refractivity contribution in [2.45, 2.75) is 97.0 Å². The summed E-state index contributed by atoms with van der Waals surface area (Å²) < 4.78 is 40.2. The highest BCUT2D eigenvalue weighted by molar-refractivity contribution is 5.95. The molecule has 4 aliphatic rings. The minimum atomic E-state index is -2.02. The van der Waals surface area contributed by atoms with E-state index in [2.05, 4.69) is 0 Å². The number of esters is 3. The van der Waals surface area contributed by atoms with E-state index in [-0.39, 0.29) is 30.9 Å². The van der Waals surface area contributed by atoms with Crippen molar-refractivity contribution in [1.82, 2.24) is 0 Å². The van der Waals surface area contributed by atoms with Gasteiger partial charge in [0.15, 0.2) is 17.5 Å². The van der Waals surface area contributed by atoms with Gasteiger partial charge in [-0.1, -0.05) is 44.5 Å². The zero-order valence-corrected chi connectivity index (χ0v) is 25.1. The van der Waals surface area contributed by atoms with E-state index in [1.165, 1.54) is 20.8 Å². The lowest BCUT2D eigenvalue weighted by atomic mass is 9.44. The molecule has 0 radical (unpaired) electrons. The Kier molecular flexibility index (Phi) is 7.21. The van der Waals surface area contributed by atoms with Crippen LogP contribution in [0, 0.1) is 22.7 Å². The topological polar surface area (TPSA) is 125 Å². The number of halogens is 1. The summed E-state index contributed by atoms with van der Waals surface area (Å²) in [6.45, 7) is 10.6. The minimum absolute atomic E-state index is 0.0776. The molecule has 9 nitrogen and oxygen atoms in total. The molecule has 228 valence electrons. The molecule has 9 atom stereocenters. The van der Waals surface area contributed by atoms with Gasteiger partial charge in [0.25, 0.3) is 0 Å². The zero-order valence-electron chi connectivity index (χ0n) is 25.1. The number of carbonyl (C=O) groups excluding carboxylic acids is 4. The average molecular weight is 587 g/mol. The number of rotatable bonds is 4. The molecule has 0 amide bonds. The van der Waals surface area contributed by atoms with E-state index in [4.69, 9.17) is 18.9 Å². The van der Waals surface area contributed by atoms with E-state index in [1.807, 2.05) is 13.8 Å². The highest BCUT2D eigenvalue weighted by Crippen LogP contribution is 2.65. The molecule has 1 aromatic rings. The van der Waals surface area contributed by atoms with Crippen molar-refractivity contribution in [2.75, 3.05) is 6.61 Å². The van der Waals surface area contributed by atoms with Gasteiger partial charge in [-0.25, -0.2) is 9.18 Å². The predicted molar refractivity (Wildman–Crippen MR) is 147 cm³/mol. The first-order valence-electron chi connectivity index (χ1n) is 14.4. The Bertz CT molecular complexity index is 1350. The molecule has 1 aromatic carbocycles. The van der Waals surface area contributed by atoms with Crippen LogP contribution >= 0.6 is 0 Å². The van der Waals surface area contributed by atoms with E-state index >= 15 is 4.39 Å². The SMILES string of the molecule is CC(=O)O[C@H]1C(=O)[C@]2(C)C(F)C[C@H]3OC[C@@]3(OC(C)=O)C2[C@H](OC(=O)c2ccccc2)[C@]2(O)C[C@H](C)C(C)=C1C2(C)C. The maximum atomic E-state index is 16.6. The summed E-state index contributed by atoms with van der Waals surface area (Å²) in [5.74, 6) is -4.69. The molecule has 42 heavy (non-hydrogen) atoms. The minimum Gasteiger partial charge on any atom is -0.455 e.